The molecular weight excluding hydrogens is 188 g/mol. The van der Waals surface area contributed by atoms with Crippen molar-refractivity contribution in [2.45, 2.75) is 20.0 Å². The van der Waals surface area contributed by atoms with Crippen molar-refractivity contribution in [3.05, 3.63) is 35.9 Å². The van der Waals surface area contributed by atoms with Gasteiger partial charge in [-0.3, -0.25) is 0 Å². The van der Waals surface area contributed by atoms with Gasteiger partial charge in [-0.1, -0.05) is 37.3 Å². The van der Waals surface area contributed by atoms with Crippen LogP contribution < -0.4 is 0 Å². The maximum absolute atomic E-state index is 10.7. The molecule has 1 fully saturated rings. The molecular formula is C13H16O2. The Morgan fingerprint density at radius 2 is 2.20 bits per heavy atom. The molecule has 0 aliphatic heterocycles. The lowest BCUT2D eigenvalue weighted by molar-refractivity contribution is -0.112. The summed E-state index contributed by atoms with van der Waals surface area (Å²) in [6, 6.07) is 10.1. The van der Waals surface area contributed by atoms with Gasteiger partial charge in [0.1, 0.15) is 6.29 Å². The van der Waals surface area contributed by atoms with Crippen LogP contribution in [0.2, 0.25) is 0 Å². The third kappa shape index (κ3) is 2.45. The van der Waals surface area contributed by atoms with Crippen LogP contribution in [0.15, 0.2) is 30.3 Å². The lowest BCUT2D eigenvalue weighted by Gasteiger charge is -2.04. The summed E-state index contributed by atoms with van der Waals surface area (Å²) in [5.74, 6) is 0.429. The van der Waals surface area contributed by atoms with Crippen LogP contribution in [0.3, 0.4) is 0 Å². The van der Waals surface area contributed by atoms with Gasteiger partial charge in [-0.15, -0.1) is 0 Å². The molecule has 0 unspecified atom stereocenters. The van der Waals surface area contributed by atoms with Crippen LogP contribution in [-0.4, -0.2) is 12.9 Å². The van der Waals surface area contributed by atoms with Crippen LogP contribution in [0.25, 0.3) is 0 Å². The van der Waals surface area contributed by atoms with Crippen molar-refractivity contribution in [2.24, 2.45) is 11.3 Å². The maximum atomic E-state index is 10.7. The molecule has 15 heavy (non-hydrogen) atoms. The minimum atomic E-state index is -0.101. The second-order valence-corrected chi connectivity index (χ2v) is 4.53. The largest absolute Gasteiger partial charge is 0.376 e. The second-order valence-electron chi connectivity index (χ2n) is 4.53. The van der Waals surface area contributed by atoms with Crippen LogP contribution in [0.5, 0.6) is 0 Å². The van der Waals surface area contributed by atoms with Crippen molar-refractivity contribution in [3.63, 3.8) is 0 Å². The summed E-state index contributed by atoms with van der Waals surface area (Å²) in [4.78, 5) is 10.7. The molecule has 0 radical (unpaired) electrons. The predicted octanol–water partition coefficient (Wildman–Crippen LogP) is 2.43. The van der Waals surface area contributed by atoms with E-state index in [1.807, 2.05) is 37.3 Å². The molecule has 2 nitrogen and oxygen atoms in total. The molecule has 1 aromatic rings. The Morgan fingerprint density at radius 3 is 2.80 bits per heavy atom. The molecule has 0 heterocycles. The first-order valence-corrected chi connectivity index (χ1v) is 5.32. The lowest BCUT2D eigenvalue weighted by atomic mass is 10.1. The van der Waals surface area contributed by atoms with Crippen molar-refractivity contribution >= 4 is 6.29 Å². The SMILES string of the molecule is C[C@@]1(C=O)C[C@H]1COCc1ccccc1. The zero-order valence-electron chi connectivity index (χ0n) is 8.98. The van der Waals surface area contributed by atoms with Crippen molar-refractivity contribution in [3.8, 4) is 0 Å². The van der Waals surface area contributed by atoms with Gasteiger partial charge in [0.05, 0.1) is 13.2 Å². The lowest BCUT2D eigenvalue weighted by Crippen LogP contribution is -2.05. The van der Waals surface area contributed by atoms with Gasteiger partial charge < -0.3 is 9.53 Å². The molecule has 80 valence electrons. The predicted molar refractivity (Wildman–Crippen MR) is 58.4 cm³/mol. The minimum absolute atomic E-state index is 0.101. The van der Waals surface area contributed by atoms with Gasteiger partial charge in [0, 0.05) is 5.41 Å². The van der Waals surface area contributed by atoms with Crippen molar-refractivity contribution < 1.29 is 9.53 Å². The number of carbonyl (C=O) groups is 1. The van der Waals surface area contributed by atoms with Crippen molar-refractivity contribution in [2.75, 3.05) is 6.61 Å². The average molecular weight is 204 g/mol. The normalized spacial score (nSPS) is 28.7. The Balaban J connectivity index is 1.71. The topological polar surface area (TPSA) is 26.3 Å². The van der Waals surface area contributed by atoms with Crippen LogP contribution in [0.4, 0.5) is 0 Å². The molecule has 2 atom stereocenters. The number of carbonyl (C=O) groups excluding carboxylic acids is 1. The quantitative estimate of drug-likeness (QED) is 0.688. The average Bonchev–Trinajstić information content (AvgIpc) is 2.92. The maximum Gasteiger partial charge on any atom is 0.126 e. The first kappa shape index (κ1) is 10.4. The highest BCUT2D eigenvalue weighted by atomic mass is 16.5. The minimum Gasteiger partial charge on any atom is -0.376 e. The molecule has 0 bridgehead atoms. The zero-order valence-corrected chi connectivity index (χ0v) is 8.98. The molecule has 1 aromatic carbocycles. The molecule has 1 saturated carbocycles. The van der Waals surface area contributed by atoms with Gasteiger partial charge in [-0.25, -0.2) is 0 Å². The Morgan fingerprint density at radius 1 is 1.47 bits per heavy atom. The molecule has 0 aromatic heterocycles. The summed E-state index contributed by atoms with van der Waals surface area (Å²) in [6.07, 6.45) is 2.04. The summed E-state index contributed by atoms with van der Waals surface area (Å²) in [5.41, 5.74) is 1.09. The van der Waals surface area contributed by atoms with E-state index < -0.39 is 0 Å². The number of rotatable bonds is 5. The van der Waals surface area contributed by atoms with Gasteiger partial charge in [0.15, 0.2) is 0 Å². The van der Waals surface area contributed by atoms with E-state index in [9.17, 15) is 4.79 Å². The van der Waals surface area contributed by atoms with Gasteiger partial charge in [0.25, 0.3) is 0 Å². The van der Waals surface area contributed by atoms with E-state index in [2.05, 4.69) is 0 Å². The number of aldehydes is 1. The number of ether oxygens (including phenoxy) is 1. The molecule has 0 N–H and O–H groups in total. The smallest absolute Gasteiger partial charge is 0.126 e. The first-order valence-electron chi connectivity index (χ1n) is 5.32. The molecule has 1 aliphatic rings. The summed E-state index contributed by atoms with van der Waals surface area (Å²) in [5, 5.41) is 0. The van der Waals surface area contributed by atoms with Gasteiger partial charge in [-0.2, -0.15) is 0 Å². The fourth-order valence-corrected chi connectivity index (χ4v) is 1.76. The summed E-state index contributed by atoms with van der Waals surface area (Å²) in [6.45, 7) is 3.34. The van der Waals surface area contributed by atoms with Crippen LogP contribution in [-0.2, 0) is 16.1 Å². The van der Waals surface area contributed by atoms with E-state index in [1.54, 1.807) is 0 Å². The van der Waals surface area contributed by atoms with E-state index in [4.69, 9.17) is 4.74 Å². The molecule has 0 saturated heterocycles. The third-order valence-corrected chi connectivity index (χ3v) is 3.16. The van der Waals surface area contributed by atoms with Crippen molar-refractivity contribution in [1.82, 2.24) is 0 Å². The van der Waals surface area contributed by atoms with Gasteiger partial charge >= 0.3 is 0 Å². The Bertz CT molecular complexity index is 334. The van der Waals surface area contributed by atoms with Gasteiger partial charge in [0.2, 0.25) is 0 Å². The van der Waals surface area contributed by atoms with Gasteiger partial charge in [-0.05, 0) is 17.9 Å². The van der Waals surface area contributed by atoms with Crippen molar-refractivity contribution in [1.29, 1.82) is 0 Å². The number of hydrogen-bond donors (Lipinski definition) is 0. The molecule has 1 aliphatic carbocycles. The Hall–Kier alpha value is -1.15. The summed E-state index contributed by atoms with van der Waals surface area (Å²) in [7, 11) is 0. The van der Waals surface area contributed by atoms with E-state index in [-0.39, 0.29) is 5.41 Å². The van der Waals surface area contributed by atoms with E-state index >= 15 is 0 Å². The highest BCUT2D eigenvalue weighted by Gasteiger charge is 2.49. The number of benzene rings is 1. The monoisotopic (exact) mass is 204 g/mol. The van der Waals surface area contributed by atoms with E-state index in [1.165, 1.54) is 5.56 Å². The molecule has 2 rings (SSSR count). The third-order valence-electron chi connectivity index (χ3n) is 3.16. The molecule has 2 heteroatoms. The first-order chi connectivity index (χ1) is 7.24. The highest BCUT2D eigenvalue weighted by Crippen LogP contribution is 2.50. The fourth-order valence-electron chi connectivity index (χ4n) is 1.76. The van der Waals surface area contributed by atoms with Crippen LogP contribution in [0, 0.1) is 11.3 Å². The molecule has 0 spiro atoms. The standard InChI is InChI=1S/C13H16O2/c1-13(10-14)7-12(13)9-15-8-11-5-3-2-4-6-11/h2-6,10,12H,7-9H2,1H3/t12-,13-/m0/s1. The van der Waals surface area contributed by atoms with E-state index in [0.717, 1.165) is 12.7 Å². The Kier molecular flexibility index (Phi) is 2.87. The molecule has 0 amide bonds. The summed E-state index contributed by atoms with van der Waals surface area (Å²) < 4.78 is 5.58. The second kappa shape index (κ2) is 4.15. The number of hydrogen-bond acceptors (Lipinski definition) is 2. The Labute approximate surface area is 90.3 Å². The van der Waals surface area contributed by atoms with Crippen LogP contribution in [0.1, 0.15) is 18.9 Å². The van der Waals surface area contributed by atoms with E-state index in [0.29, 0.717) is 19.1 Å². The highest BCUT2D eigenvalue weighted by molar-refractivity contribution is 5.63. The fraction of sp³-hybridized carbons (Fsp3) is 0.462. The summed E-state index contributed by atoms with van der Waals surface area (Å²) >= 11 is 0. The van der Waals surface area contributed by atoms with Crippen LogP contribution >= 0.6 is 0 Å². The zero-order chi connectivity index (χ0) is 10.7.